The number of nitro groups is 1. The number of esters is 2. The van der Waals surface area contributed by atoms with E-state index in [1.807, 2.05) is 0 Å². The van der Waals surface area contributed by atoms with Crippen molar-refractivity contribution in [3.63, 3.8) is 0 Å². The predicted molar refractivity (Wildman–Crippen MR) is 106 cm³/mol. The van der Waals surface area contributed by atoms with E-state index < -0.39 is 10.9 Å². The molecule has 0 heterocycles. The van der Waals surface area contributed by atoms with Gasteiger partial charge < -0.3 is 9.47 Å². The van der Waals surface area contributed by atoms with Gasteiger partial charge in [0.05, 0.1) is 17.1 Å². The molecule has 1 aromatic carbocycles. The zero-order valence-corrected chi connectivity index (χ0v) is 16.9. The van der Waals surface area contributed by atoms with E-state index >= 15 is 0 Å². The molecule has 0 radical (unpaired) electrons. The number of unbranched alkanes of at least 4 members (excludes halogenated alkanes) is 5. The first-order chi connectivity index (χ1) is 13.5. The Hall–Kier alpha value is -2.44. The summed E-state index contributed by atoms with van der Waals surface area (Å²) in [6, 6.07) is 4.89. The molecular weight excluding hydrogens is 362 g/mol. The van der Waals surface area contributed by atoms with Crippen LogP contribution in [0.4, 0.5) is 5.69 Å². The Morgan fingerprint density at radius 2 is 1.61 bits per heavy atom. The van der Waals surface area contributed by atoms with Crippen molar-refractivity contribution >= 4 is 17.6 Å². The van der Waals surface area contributed by atoms with Gasteiger partial charge in [0.2, 0.25) is 0 Å². The Balaban J connectivity index is 2.18. The molecule has 28 heavy (non-hydrogen) atoms. The molecule has 0 aliphatic carbocycles. The molecule has 156 valence electrons. The lowest BCUT2D eigenvalue weighted by Gasteiger charge is -2.07. The van der Waals surface area contributed by atoms with Crippen LogP contribution >= 0.6 is 0 Å². The Morgan fingerprint density at radius 1 is 0.964 bits per heavy atom. The van der Waals surface area contributed by atoms with Gasteiger partial charge in [-0.15, -0.1) is 0 Å². The van der Waals surface area contributed by atoms with Gasteiger partial charge in [-0.3, -0.25) is 19.7 Å². The number of benzene rings is 1. The highest BCUT2D eigenvalue weighted by molar-refractivity contribution is 5.72. The zero-order chi connectivity index (χ0) is 20.8. The molecule has 7 heteroatoms. The molecule has 1 rings (SSSR count). The molecule has 0 aliphatic rings. The third kappa shape index (κ3) is 9.48. The van der Waals surface area contributed by atoms with Crippen molar-refractivity contribution in [1.82, 2.24) is 0 Å². The quantitative estimate of drug-likeness (QED) is 0.191. The van der Waals surface area contributed by atoms with E-state index in [4.69, 9.17) is 9.47 Å². The van der Waals surface area contributed by atoms with Crippen molar-refractivity contribution in [2.75, 3.05) is 6.61 Å². The smallest absolute Gasteiger partial charge is 0.306 e. The maximum absolute atomic E-state index is 11.8. The summed E-state index contributed by atoms with van der Waals surface area (Å²) in [6.45, 7) is 4.08. The second-order valence-electron chi connectivity index (χ2n) is 6.84. The zero-order valence-electron chi connectivity index (χ0n) is 16.9. The fourth-order valence-electron chi connectivity index (χ4n) is 2.85. The van der Waals surface area contributed by atoms with E-state index in [-0.39, 0.29) is 31.1 Å². The van der Waals surface area contributed by atoms with Crippen LogP contribution in [0.25, 0.3) is 0 Å². The molecular formula is C21H31NO6. The number of rotatable bonds is 14. The van der Waals surface area contributed by atoms with Gasteiger partial charge in [-0.05, 0) is 25.8 Å². The monoisotopic (exact) mass is 393 g/mol. The Labute approximate surface area is 166 Å². The molecule has 0 aliphatic heterocycles. The van der Waals surface area contributed by atoms with Gasteiger partial charge in [0.15, 0.2) is 0 Å². The minimum atomic E-state index is -0.487. The normalized spacial score (nSPS) is 10.5. The Morgan fingerprint density at radius 3 is 2.29 bits per heavy atom. The number of aryl methyl sites for hydroxylation is 1. The lowest BCUT2D eigenvalue weighted by Crippen LogP contribution is -2.09. The number of hydrogen-bond acceptors (Lipinski definition) is 6. The highest BCUT2D eigenvalue weighted by Crippen LogP contribution is 2.23. The van der Waals surface area contributed by atoms with Gasteiger partial charge >= 0.3 is 11.9 Å². The number of carbonyl (C=O) groups excluding carboxylic acids is 2. The molecule has 7 nitrogen and oxygen atoms in total. The van der Waals surface area contributed by atoms with E-state index in [2.05, 4.69) is 6.92 Å². The summed E-state index contributed by atoms with van der Waals surface area (Å²) in [5.74, 6) is -0.796. The highest BCUT2D eigenvalue weighted by atomic mass is 16.6. The number of ether oxygens (including phenoxy) is 2. The molecule has 0 amide bonds. The maximum Gasteiger partial charge on any atom is 0.306 e. The van der Waals surface area contributed by atoms with Crippen LogP contribution in [-0.4, -0.2) is 23.5 Å². The van der Waals surface area contributed by atoms with Crippen LogP contribution in [0.15, 0.2) is 18.2 Å². The predicted octanol–water partition coefficient (Wildman–Crippen LogP) is 5.02. The molecule has 0 unspecified atom stereocenters. The lowest BCUT2D eigenvalue weighted by atomic mass is 10.1. The molecule has 0 saturated carbocycles. The van der Waals surface area contributed by atoms with E-state index in [1.165, 1.54) is 19.3 Å². The largest absolute Gasteiger partial charge is 0.466 e. The van der Waals surface area contributed by atoms with E-state index in [9.17, 15) is 19.7 Å². The van der Waals surface area contributed by atoms with Crippen molar-refractivity contribution in [1.29, 1.82) is 0 Å². The van der Waals surface area contributed by atoms with Crippen molar-refractivity contribution in [2.24, 2.45) is 0 Å². The van der Waals surface area contributed by atoms with Gasteiger partial charge in [0.25, 0.3) is 5.69 Å². The van der Waals surface area contributed by atoms with E-state index in [0.717, 1.165) is 19.3 Å². The first kappa shape index (κ1) is 23.6. The van der Waals surface area contributed by atoms with Crippen LogP contribution in [0.5, 0.6) is 0 Å². The van der Waals surface area contributed by atoms with Gasteiger partial charge in [0, 0.05) is 18.4 Å². The minimum absolute atomic E-state index is 0.0337. The number of nitro benzene ring substituents is 1. The summed E-state index contributed by atoms with van der Waals surface area (Å²) >= 11 is 0. The van der Waals surface area contributed by atoms with Gasteiger partial charge in [-0.1, -0.05) is 51.2 Å². The topological polar surface area (TPSA) is 95.7 Å². The molecule has 0 bridgehead atoms. The third-order valence-corrected chi connectivity index (χ3v) is 4.42. The SMILES string of the molecule is CCCCCCCCOC(=O)CCCC(=O)OCc1cccc(C)c1[N+](=O)[O-]. The molecule has 0 aromatic heterocycles. The number of hydrogen-bond donors (Lipinski definition) is 0. The number of para-hydroxylation sites is 1. The maximum atomic E-state index is 11.8. The fraction of sp³-hybridized carbons (Fsp3) is 0.619. The minimum Gasteiger partial charge on any atom is -0.466 e. The van der Waals surface area contributed by atoms with Gasteiger partial charge in [-0.2, -0.15) is 0 Å². The number of nitrogens with zero attached hydrogens (tertiary/aromatic N) is 1. The molecule has 0 atom stereocenters. The summed E-state index contributed by atoms with van der Waals surface area (Å²) in [4.78, 5) is 34.1. The Kier molecular flexibility index (Phi) is 11.5. The van der Waals surface area contributed by atoms with Crippen molar-refractivity contribution in [2.45, 2.75) is 78.2 Å². The lowest BCUT2D eigenvalue weighted by molar-refractivity contribution is -0.386. The molecule has 0 saturated heterocycles. The first-order valence-corrected chi connectivity index (χ1v) is 9.99. The molecule has 1 aromatic rings. The Bertz CT molecular complexity index is 644. The van der Waals surface area contributed by atoms with Crippen molar-refractivity contribution in [3.8, 4) is 0 Å². The third-order valence-electron chi connectivity index (χ3n) is 4.42. The fourth-order valence-corrected chi connectivity index (χ4v) is 2.85. The van der Waals surface area contributed by atoms with Gasteiger partial charge in [0.1, 0.15) is 6.61 Å². The number of carbonyl (C=O) groups is 2. The van der Waals surface area contributed by atoms with E-state index in [0.29, 0.717) is 24.2 Å². The summed E-state index contributed by atoms with van der Waals surface area (Å²) < 4.78 is 10.3. The van der Waals surface area contributed by atoms with Crippen LogP contribution in [0.1, 0.15) is 75.8 Å². The van der Waals surface area contributed by atoms with Gasteiger partial charge in [-0.25, -0.2) is 0 Å². The van der Waals surface area contributed by atoms with Crippen LogP contribution < -0.4 is 0 Å². The van der Waals surface area contributed by atoms with Crippen LogP contribution in [0, 0.1) is 17.0 Å². The summed E-state index contributed by atoms with van der Waals surface area (Å²) in [6.07, 6.45) is 7.34. The summed E-state index contributed by atoms with van der Waals surface area (Å²) in [5.41, 5.74) is 0.844. The average Bonchev–Trinajstić information content (AvgIpc) is 2.65. The van der Waals surface area contributed by atoms with Crippen molar-refractivity contribution < 1.29 is 24.0 Å². The van der Waals surface area contributed by atoms with Crippen LogP contribution in [0.3, 0.4) is 0 Å². The summed E-state index contributed by atoms with van der Waals surface area (Å²) in [7, 11) is 0. The second kappa shape index (κ2) is 13.7. The first-order valence-electron chi connectivity index (χ1n) is 9.99. The van der Waals surface area contributed by atoms with E-state index in [1.54, 1.807) is 25.1 Å². The standard InChI is InChI=1S/C21H31NO6/c1-3-4-5-6-7-8-15-27-19(23)13-10-14-20(24)28-16-18-12-9-11-17(2)21(18)22(25)26/h9,11-12H,3-8,10,13-16H2,1-2H3. The highest BCUT2D eigenvalue weighted by Gasteiger charge is 2.18. The van der Waals surface area contributed by atoms with Crippen LogP contribution in [0.2, 0.25) is 0 Å². The molecule has 0 fully saturated rings. The van der Waals surface area contributed by atoms with Crippen LogP contribution in [-0.2, 0) is 25.7 Å². The summed E-state index contributed by atoms with van der Waals surface area (Å²) in [5, 5.41) is 11.1. The average molecular weight is 393 g/mol. The second-order valence-corrected chi connectivity index (χ2v) is 6.84. The van der Waals surface area contributed by atoms with Crippen molar-refractivity contribution in [3.05, 3.63) is 39.4 Å². The molecule has 0 N–H and O–H groups in total. The molecule has 0 spiro atoms.